The molecular formula is C13H23NO4. The maximum absolute atomic E-state index is 12.0. The molecule has 18 heavy (non-hydrogen) atoms. The third-order valence-corrected chi connectivity index (χ3v) is 2.98. The Morgan fingerprint density at radius 1 is 1.44 bits per heavy atom. The van der Waals surface area contributed by atoms with Gasteiger partial charge in [0.1, 0.15) is 0 Å². The molecule has 0 saturated carbocycles. The van der Waals surface area contributed by atoms with Gasteiger partial charge in [0.25, 0.3) is 0 Å². The standard InChI is InChI=1S/C13H23NO4/c1-10(2)8-12(15)14(6-5-13(16)17)9-11-4-3-7-18-11/h10-11H,3-9H2,1-2H3,(H,16,17). The van der Waals surface area contributed by atoms with E-state index < -0.39 is 5.97 Å². The number of nitrogens with zero attached hydrogens (tertiary/aromatic N) is 1. The van der Waals surface area contributed by atoms with Gasteiger partial charge in [-0.3, -0.25) is 9.59 Å². The Morgan fingerprint density at radius 3 is 2.67 bits per heavy atom. The Morgan fingerprint density at radius 2 is 2.17 bits per heavy atom. The summed E-state index contributed by atoms with van der Waals surface area (Å²) in [5, 5.41) is 8.72. The van der Waals surface area contributed by atoms with Gasteiger partial charge in [-0.15, -0.1) is 0 Å². The first-order valence-electron chi connectivity index (χ1n) is 6.60. The lowest BCUT2D eigenvalue weighted by molar-refractivity contribution is -0.139. The average Bonchev–Trinajstić information content (AvgIpc) is 2.75. The molecule has 1 heterocycles. The minimum absolute atomic E-state index is 0.00342. The van der Waals surface area contributed by atoms with Crippen molar-refractivity contribution in [3.8, 4) is 0 Å². The number of carboxylic acids is 1. The van der Waals surface area contributed by atoms with Crippen LogP contribution in [-0.2, 0) is 14.3 Å². The topological polar surface area (TPSA) is 66.8 Å². The highest BCUT2D eigenvalue weighted by Gasteiger charge is 2.23. The molecule has 1 atom stereocenters. The fourth-order valence-electron chi connectivity index (χ4n) is 2.06. The highest BCUT2D eigenvalue weighted by atomic mass is 16.5. The molecule has 104 valence electrons. The summed E-state index contributed by atoms with van der Waals surface area (Å²) in [6.07, 6.45) is 2.52. The number of hydrogen-bond donors (Lipinski definition) is 1. The van der Waals surface area contributed by atoms with Gasteiger partial charge in [0, 0.05) is 26.1 Å². The molecule has 0 radical (unpaired) electrons. The summed E-state index contributed by atoms with van der Waals surface area (Å²) >= 11 is 0. The number of carbonyl (C=O) groups excluding carboxylic acids is 1. The van der Waals surface area contributed by atoms with Crippen molar-refractivity contribution < 1.29 is 19.4 Å². The van der Waals surface area contributed by atoms with Crippen LogP contribution < -0.4 is 0 Å². The lowest BCUT2D eigenvalue weighted by atomic mass is 10.1. The molecule has 0 spiro atoms. The number of hydrogen-bond acceptors (Lipinski definition) is 3. The normalized spacial score (nSPS) is 19.2. The Kier molecular flexibility index (Phi) is 6.12. The van der Waals surface area contributed by atoms with E-state index in [0.717, 1.165) is 19.4 Å². The van der Waals surface area contributed by atoms with E-state index >= 15 is 0 Å². The van der Waals surface area contributed by atoms with Crippen molar-refractivity contribution in [3.05, 3.63) is 0 Å². The van der Waals surface area contributed by atoms with E-state index in [9.17, 15) is 9.59 Å². The summed E-state index contributed by atoms with van der Waals surface area (Å²) in [6.45, 7) is 5.52. The lowest BCUT2D eigenvalue weighted by Crippen LogP contribution is -2.39. The predicted octanol–water partition coefficient (Wildman–Crippen LogP) is 1.51. The van der Waals surface area contributed by atoms with Gasteiger partial charge >= 0.3 is 5.97 Å². The summed E-state index contributed by atoms with van der Waals surface area (Å²) in [5.41, 5.74) is 0. The molecule has 5 nitrogen and oxygen atoms in total. The van der Waals surface area contributed by atoms with Crippen LogP contribution in [0.5, 0.6) is 0 Å². The third-order valence-electron chi connectivity index (χ3n) is 2.98. The van der Waals surface area contributed by atoms with Crippen LogP contribution in [-0.4, -0.2) is 47.7 Å². The largest absolute Gasteiger partial charge is 0.481 e. The molecule has 5 heteroatoms. The molecule has 1 N–H and O–H groups in total. The van der Waals surface area contributed by atoms with Crippen LogP contribution in [0.4, 0.5) is 0 Å². The van der Waals surface area contributed by atoms with E-state index in [-0.39, 0.29) is 30.9 Å². The van der Waals surface area contributed by atoms with Crippen molar-refractivity contribution >= 4 is 11.9 Å². The smallest absolute Gasteiger partial charge is 0.305 e. The summed E-state index contributed by atoms with van der Waals surface area (Å²) in [6, 6.07) is 0. The van der Waals surface area contributed by atoms with Gasteiger partial charge in [-0.25, -0.2) is 0 Å². The van der Waals surface area contributed by atoms with Gasteiger partial charge < -0.3 is 14.7 Å². The van der Waals surface area contributed by atoms with Gasteiger partial charge in [0.15, 0.2) is 0 Å². The number of rotatable bonds is 7. The maximum Gasteiger partial charge on any atom is 0.305 e. The molecule has 1 amide bonds. The molecule has 1 aliphatic heterocycles. The average molecular weight is 257 g/mol. The second kappa shape index (κ2) is 7.36. The van der Waals surface area contributed by atoms with Gasteiger partial charge in [-0.1, -0.05) is 13.8 Å². The fourth-order valence-corrected chi connectivity index (χ4v) is 2.06. The maximum atomic E-state index is 12.0. The first-order valence-corrected chi connectivity index (χ1v) is 6.60. The second-order valence-corrected chi connectivity index (χ2v) is 5.22. The zero-order valence-corrected chi connectivity index (χ0v) is 11.2. The van der Waals surface area contributed by atoms with Gasteiger partial charge in [-0.2, -0.15) is 0 Å². The van der Waals surface area contributed by atoms with Crippen LogP contribution >= 0.6 is 0 Å². The van der Waals surface area contributed by atoms with Crippen molar-refractivity contribution in [2.75, 3.05) is 19.7 Å². The van der Waals surface area contributed by atoms with Crippen LogP contribution in [0.25, 0.3) is 0 Å². The van der Waals surface area contributed by atoms with E-state index in [1.165, 1.54) is 0 Å². The zero-order chi connectivity index (χ0) is 13.5. The van der Waals surface area contributed by atoms with E-state index in [4.69, 9.17) is 9.84 Å². The Hall–Kier alpha value is -1.10. The summed E-state index contributed by atoms with van der Waals surface area (Å²) in [5.74, 6) is -0.555. The SMILES string of the molecule is CC(C)CC(=O)N(CCC(=O)O)CC1CCCO1. The number of carboxylic acid groups (broad SMARTS) is 1. The van der Waals surface area contributed by atoms with Crippen LogP contribution in [0.1, 0.15) is 39.5 Å². The molecule has 0 aromatic rings. The molecule has 0 aliphatic carbocycles. The van der Waals surface area contributed by atoms with Crippen LogP contribution in [0.3, 0.4) is 0 Å². The molecule has 1 unspecified atom stereocenters. The number of ether oxygens (including phenoxy) is 1. The van der Waals surface area contributed by atoms with Crippen LogP contribution in [0.15, 0.2) is 0 Å². The highest BCUT2D eigenvalue weighted by molar-refractivity contribution is 5.77. The quantitative estimate of drug-likeness (QED) is 0.751. The summed E-state index contributed by atoms with van der Waals surface area (Å²) < 4.78 is 5.50. The van der Waals surface area contributed by atoms with Crippen molar-refractivity contribution in [2.24, 2.45) is 5.92 Å². The predicted molar refractivity (Wildman–Crippen MR) is 67.3 cm³/mol. The summed E-state index contributed by atoms with van der Waals surface area (Å²) in [4.78, 5) is 24.3. The second-order valence-electron chi connectivity index (χ2n) is 5.22. The van der Waals surface area contributed by atoms with E-state index in [1.54, 1.807) is 4.90 Å². The van der Waals surface area contributed by atoms with Crippen molar-refractivity contribution in [1.29, 1.82) is 0 Å². The molecule has 0 bridgehead atoms. The number of amides is 1. The fraction of sp³-hybridized carbons (Fsp3) is 0.846. The van der Waals surface area contributed by atoms with Crippen molar-refractivity contribution in [1.82, 2.24) is 4.90 Å². The van der Waals surface area contributed by atoms with Crippen LogP contribution in [0.2, 0.25) is 0 Å². The molecular weight excluding hydrogens is 234 g/mol. The third kappa shape index (κ3) is 5.49. The first-order chi connectivity index (χ1) is 8.49. The van der Waals surface area contributed by atoms with Gasteiger partial charge in [0.2, 0.25) is 5.91 Å². The number of aliphatic carboxylic acids is 1. The highest BCUT2D eigenvalue weighted by Crippen LogP contribution is 2.15. The molecule has 0 aromatic heterocycles. The Labute approximate surface area is 108 Å². The molecule has 1 saturated heterocycles. The monoisotopic (exact) mass is 257 g/mol. The van der Waals surface area contributed by atoms with Gasteiger partial charge in [0.05, 0.1) is 12.5 Å². The van der Waals surface area contributed by atoms with Gasteiger partial charge in [-0.05, 0) is 18.8 Å². The Bertz CT molecular complexity index is 285. The van der Waals surface area contributed by atoms with E-state index in [1.807, 2.05) is 13.8 Å². The first kappa shape index (κ1) is 15.0. The molecule has 1 aliphatic rings. The number of carbonyl (C=O) groups is 2. The lowest BCUT2D eigenvalue weighted by Gasteiger charge is -2.25. The van der Waals surface area contributed by atoms with Crippen molar-refractivity contribution in [3.63, 3.8) is 0 Å². The minimum atomic E-state index is -0.871. The molecule has 0 aromatic carbocycles. The van der Waals surface area contributed by atoms with Crippen LogP contribution in [0, 0.1) is 5.92 Å². The minimum Gasteiger partial charge on any atom is -0.481 e. The van der Waals surface area contributed by atoms with E-state index in [0.29, 0.717) is 13.0 Å². The zero-order valence-electron chi connectivity index (χ0n) is 11.2. The van der Waals surface area contributed by atoms with E-state index in [2.05, 4.69) is 0 Å². The summed E-state index contributed by atoms with van der Waals surface area (Å²) in [7, 11) is 0. The Balaban J connectivity index is 2.49. The molecule has 1 fully saturated rings. The molecule has 1 rings (SSSR count). The van der Waals surface area contributed by atoms with Crippen molar-refractivity contribution in [2.45, 2.75) is 45.6 Å².